The minimum atomic E-state index is -2.51. The van der Waals surface area contributed by atoms with Gasteiger partial charge in [-0.15, -0.1) is 0 Å². The van der Waals surface area contributed by atoms with Crippen molar-refractivity contribution in [1.29, 1.82) is 0 Å². The van der Waals surface area contributed by atoms with E-state index in [0.717, 1.165) is 0 Å². The zero-order chi connectivity index (χ0) is 19.5. The number of hydrogen-bond donors (Lipinski definition) is 6. The van der Waals surface area contributed by atoms with Gasteiger partial charge in [0, 0.05) is 0 Å². The van der Waals surface area contributed by atoms with Crippen LogP contribution in [0.3, 0.4) is 0 Å². The number of aliphatic hydroxyl groups is 6. The van der Waals surface area contributed by atoms with Gasteiger partial charge in [0.05, 0.1) is 33.0 Å². The summed E-state index contributed by atoms with van der Waals surface area (Å²) in [6.07, 6.45) is -3.60. The van der Waals surface area contributed by atoms with Crippen molar-refractivity contribution in [2.24, 2.45) is 0 Å². The van der Waals surface area contributed by atoms with Crippen LogP contribution in [-0.2, 0) is 10.5 Å². The fourth-order valence-corrected chi connectivity index (χ4v) is 2.93. The molecule has 0 aliphatic carbocycles. The van der Waals surface area contributed by atoms with E-state index in [2.05, 4.69) is 0 Å². The van der Waals surface area contributed by atoms with Crippen molar-refractivity contribution in [3.63, 3.8) is 0 Å². The molecular formula is C17H24O9. The van der Waals surface area contributed by atoms with Crippen molar-refractivity contribution in [3.8, 4) is 11.5 Å². The summed E-state index contributed by atoms with van der Waals surface area (Å²) in [5.41, 5.74) is 0.463. The van der Waals surface area contributed by atoms with Crippen LogP contribution in [0.5, 0.6) is 11.5 Å². The predicted octanol–water partition coefficient (Wildman–Crippen LogP) is -1.67. The van der Waals surface area contributed by atoms with Crippen LogP contribution in [0.15, 0.2) is 18.2 Å². The van der Waals surface area contributed by atoms with Gasteiger partial charge in [-0.25, -0.2) is 0 Å². The lowest BCUT2D eigenvalue weighted by Gasteiger charge is -2.46. The molecule has 0 amide bonds. The average Bonchev–Trinajstić information content (AvgIpc) is 2.66. The van der Waals surface area contributed by atoms with Crippen molar-refractivity contribution in [3.05, 3.63) is 29.3 Å². The summed E-state index contributed by atoms with van der Waals surface area (Å²) in [6.45, 7) is -0.879. The SMILES string of the molecule is COc1cc(C=CCO)cc(OC)c1[C@@]1(O)O[C@H](CO)[C@@H](O)[C@H](O)[C@H]1O. The Labute approximate surface area is 150 Å². The van der Waals surface area contributed by atoms with E-state index in [1.165, 1.54) is 32.4 Å². The number of benzene rings is 1. The molecular weight excluding hydrogens is 348 g/mol. The molecule has 146 valence electrons. The third-order valence-corrected chi connectivity index (χ3v) is 4.27. The van der Waals surface area contributed by atoms with Gasteiger partial charge >= 0.3 is 0 Å². The van der Waals surface area contributed by atoms with Gasteiger partial charge < -0.3 is 44.8 Å². The summed E-state index contributed by atoms with van der Waals surface area (Å²) in [5.74, 6) is -2.37. The molecule has 1 fully saturated rings. The normalized spacial score (nSPS) is 32.0. The molecule has 1 aliphatic heterocycles. The molecule has 9 heteroatoms. The molecule has 0 spiro atoms. The molecule has 0 bridgehead atoms. The highest BCUT2D eigenvalue weighted by Crippen LogP contribution is 2.45. The summed E-state index contributed by atoms with van der Waals surface area (Å²) < 4.78 is 15.9. The van der Waals surface area contributed by atoms with Gasteiger partial charge in [-0.1, -0.05) is 12.2 Å². The maximum absolute atomic E-state index is 11.0. The minimum Gasteiger partial charge on any atom is -0.496 e. The number of rotatable bonds is 6. The second-order valence-electron chi connectivity index (χ2n) is 5.85. The highest BCUT2D eigenvalue weighted by atomic mass is 16.7. The molecule has 1 aromatic carbocycles. The first-order valence-electron chi connectivity index (χ1n) is 7.93. The number of ether oxygens (including phenoxy) is 3. The monoisotopic (exact) mass is 372 g/mol. The van der Waals surface area contributed by atoms with E-state index in [9.17, 15) is 25.5 Å². The van der Waals surface area contributed by atoms with Crippen LogP contribution in [0.1, 0.15) is 11.1 Å². The van der Waals surface area contributed by atoms with E-state index >= 15 is 0 Å². The summed E-state index contributed by atoms with van der Waals surface area (Å²) in [7, 11) is 2.65. The second kappa shape index (κ2) is 8.31. The standard InChI is InChI=1S/C17H24O9/c1-24-10-6-9(4-3-5-18)7-11(25-2)13(10)17(23)16(22)15(21)14(20)12(8-19)26-17/h3-4,6-7,12,14-16,18-23H,5,8H2,1-2H3/t12-,14-,15+,16-,17-/m1/s1. The summed E-state index contributed by atoms with van der Waals surface area (Å²) in [5, 5.41) is 59.6. The van der Waals surface area contributed by atoms with Crippen molar-refractivity contribution in [2.45, 2.75) is 30.2 Å². The first kappa shape index (κ1) is 20.6. The molecule has 0 saturated carbocycles. The number of methoxy groups -OCH3 is 2. The van der Waals surface area contributed by atoms with Crippen LogP contribution >= 0.6 is 0 Å². The average molecular weight is 372 g/mol. The summed E-state index contributed by atoms with van der Waals surface area (Å²) in [6, 6.07) is 3.01. The molecule has 0 radical (unpaired) electrons. The van der Waals surface area contributed by atoms with Crippen LogP contribution in [0.4, 0.5) is 0 Å². The van der Waals surface area contributed by atoms with E-state index in [0.29, 0.717) is 5.56 Å². The van der Waals surface area contributed by atoms with Gasteiger partial charge in [0.2, 0.25) is 5.79 Å². The van der Waals surface area contributed by atoms with Gasteiger partial charge in [0.1, 0.15) is 35.9 Å². The number of aliphatic hydroxyl groups excluding tert-OH is 5. The molecule has 26 heavy (non-hydrogen) atoms. The smallest absolute Gasteiger partial charge is 0.229 e. The van der Waals surface area contributed by atoms with Crippen LogP contribution < -0.4 is 9.47 Å². The Bertz CT molecular complexity index is 620. The number of hydrogen-bond acceptors (Lipinski definition) is 9. The first-order valence-corrected chi connectivity index (χ1v) is 7.93. The van der Waals surface area contributed by atoms with E-state index in [1.807, 2.05) is 0 Å². The highest BCUT2D eigenvalue weighted by molar-refractivity contribution is 5.60. The molecule has 1 aromatic rings. The van der Waals surface area contributed by atoms with Crippen LogP contribution in [0.2, 0.25) is 0 Å². The maximum atomic E-state index is 11.0. The van der Waals surface area contributed by atoms with Gasteiger partial charge in [0.25, 0.3) is 0 Å². The first-order chi connectivity index (χ1) is 12.3. The van der Waals surface area contributed by atoms with Crippen molar-refractivity contribution in [1.82, 2.24) is 0 Å². The zero-order valence-electron chi connectivity index (χ0n) is 14.4. The Morgan fingerprint density at radius 3 is 2.12 bits per heavy atom. The van der Waals surface area contributed by atoms with Gasteiger partial charge in [-0.2, -0.15) is 0 Å². The quantitative estimate of drug-likeness (QED) is 0.344. The summed E-state index contributed by atoms with van der Waals surface area (Å²) >= 11 is 0. The molecule has 6 N–H and O–H groups in total. The molecule has 9 nitrogen and oxygen atoms in total. The molecule has 1 heterocycles. The zero-order valence-corrected chi connectivity index (χ0v) is 14.4. The van der Waals surface area contributed by atoms with Crippen molar-refractivity contribution in [2.75, 3.05) is 27.4 Å². The van der Waals surface area contributed by atoms with E-state index in [4.69, 9.17) is 19.3 Å². The van der Waals surface area contributed by atoms with E-state index in [-0.39, 0.29) is 23.7 Å². The molecule has 0 aromatic heterocycles. The Kier molecular flexibility index (Phi) is 6.58. The van der Waals surface area contributed by atoms with E-state index < -0.39 is 36.8 Å². The Morgan fingerprint density at radius 1 is 1.08 bits per heavy atom. The Morgan fingerprint density at radius 2 is 1.65 bits per heavy atom. The second-order valence-corrected chi connectivity index (χ2v) is 5.85. The van der Waals surface area contributed by atoms with Gasteiger partial charge in [-0.3, -0.25) is 0 Å². The third kappa shape index (κ3) is 3.55. The minimum absolute atomic E-state index is 0.0729. The lowest BCUT2D eigenvalue weighted by atomic mass is 9.86. The van der Waals surface area contributed by atoms with Crippen molar-refractivity contribution < 1.29 is 44.8 Å². The predicted molar refractivity (Wildman–Crippen MR) is 89.5 cm³/mol. The summed E-state index contributed by atoms with van der Waals surface area (Å²) in [4.78, 5) is 0. The van der Waals surface area contributed by atoms with Gasteiger partial charge in [-0.05, 0) is 17.7 Å². The largest absolute Gasteiger partial charge is 0.496 e. The van der Waals surface area contributed by atoms with E-state index in [1.54, 1.807) is 6.08 Å². The fourth-order valence-electron chi connectivity index (χ4n) is 2.93. The van der Waals surface area contributed by atoms with Crippen LogP contribution in [-0.4, -0.2) is 82.5 Å². The molecule has 1 saturated heterocycles. The van der Waals surface area contributed by atoms with Crippen LogP contribution in [0, 0.1) is 0 Å². The fraction of sp³-hybridized carbons (Fsp3) is 0.529. The lowest BCUT2D eigenvalue weighted by molar-refractivity contribution is -0.358. The third-order valence-electron chi connectivity index (χ3n) is 4.27. The van der Waals surface area contributed by atoms with Crippen molar-refractivity contribution >= 4 is 6.08 Å². The Hall–Kier alpha value is -1.72. The van der Waals surface area contributed by atoms with Crippen LogP contribution in [0.25, 0.3) is 6.08 Å². The maximum Gasteiger partial charge on any atom is 0.229 e. The highest BCUT2D eigenvalue weighted by Gasteiger charge is 2.56. The molecule has 1 aliphatic rings. The molecule has 0 unspecified atom stereocenters. The Balaban J connectivity index is 2.62. The van der Waals surface area contributed by atoms with Gasteiger partial charge in [0.15, 0.2) is 0 Å². The lowest BCUT2D eigenvalue weighted by Crippen LogP contribution is -2.63. The molecule has 2 rings (SSSR count). The molecule has 5 atom stereocenters. The topological polar surface area (TPSA) is 149 Å².